The number of amides is 2. The van der Waals surface area contributed by atoms with Crippen LogP contribution in [0.1, 0.15) is 32.1 Å². The maximum absolute atomic E-state index is 12.4. The fraction of sp³-hybridized carbons (Fsp3) is 0.846. The molecule has 1 saturated heterocycles. The van der Waals surface area contributed by atoms with E-state index in [0.717, 1.165) is 24.9 Å². The zero-order chi connectivity index (χ0) is 11.8. The third kappa shape index (κ3) is 2.79. The number of carbonyl (C=O) groups is 2. The summed E-state index contributed by atoms with van der Waals surface area (Å²) in [6, 6.07) is 0. The second-order valence-corrected chi connectivity index (χ2v) is 5.84. The topological polar surface area (TPSA) is 49.4 Å². The Labute approximate surface area is 102 Å². The van der Waals surface area contributed by atoms with E-state index < -0.39 is 0 Å². The van der Waals surface area contributed by atoms with E-state index in [0.29, 0.717) is 13.0 Å². The maximum Gasteiger partial charge on any atom is 0.228 e. The van der Waals surface area contributed by atoms with Gasteiger partial charge in [-0.15, -0.1) is 0 Å². The molecule has 3 fully saturated rings. The second-order valence-electron chi connectivity index (χ2n) is 5.84. The molecular formula is C13H20N2O2. The Morgan fingerprint density at radius 3 is 2.18 bits per heavy atom. The lowest BCUT2D eigenvalue weighted by molar-refractivity contribution is -0.136. The lowest BCUT2D eigenvalue weighted by atomic mass is 10.1. The van der Waals surface area contributed by atoms with Gasteiger partial charge in [0.2, 0.25) is 11.8 Å². The van der Waals surface area contributed by atoms with Crippen LogP contribution in [0.25, 0.3) is 0 Å². The first kappa shape index (κ1) is 11.1. The molecule has 1 N–H and O–H groups in total. The predicted molar refractivity (Wildman–Crippen MR) is 63.1 cm³/mol. The molecule has 0 aromatic carbocycles. The summed E-state index contributed by atoms with van der Waals surface area (Å²) in [5.41, 5.74) is 0. The van der Waals surface area contributed by atoms with Gasteiger partial charge in [0.1, 0.15) is 0 Å². The summed E-state index contributed by atoms with van der Waals surface area (Å²) in [5, 5.41) is 2.76. The molecule has 0 aromatic heterocycles. The lowest BCUT2D eigenvalue weighted by Gasteiger charge is -2.25. The minimum Gasteiger partial charge on any atom is -0.355 e. The van der Waals surface area contributed by atoms with Crippen LogP contribution >= 0.6 is 0 Å². The molecule has 2 amide bonds. The van der Waals surface area contributed by atoms with Crippen molar-refractivity contribution in [2.75, 3.05) is 19.6 Å². The van der Waals surface area contributed by atoms with E-state index in [9.17, 15) is 9.59 Å². The third-order valence-electron chi connectivity index (χ3n) is 3.99. The first-order valence-corrected chi connectivity index (χ1v) is 6.78. The van der Waals surface area contributed by atoms with Crippen molar-refractivity contribution in [1.82, 2.24) is 10.2 Å². The van der Waals surface area contributed by atoms with E-state index in [1.807, 2.05) is 4.90 Å². The van der Waals surface area contributed by atoms with E-state index in [1.54, 1.807) is 0 Å². The Balaban J connectivity index is 1.59. The highest BCUT2D eigenvalue weighted by Crippen LogP contribution is 2.34. The monoisotopic (exact) mass is 236 g/mol. The van der Waals surface area contributed by atoms with Gasteiger partial charge in [0.15, 0.2) is 0 Å². The van der Waals surface area contributed by atoms with E-state index in [-0.39, 0.29) is 17.7 Å². The SMILES string of the molecule is O=C1CC(C(=O)N(CC2CC2)CC2CC2)CN1. The number of nitrogens with zero attached hydrogens (tertiary/aromatic N) is 1. The lowest BCUT2D eigenvalue weighted by Crippen LogP contribution is -2.39. The quantitative estimate of drug-likeness (QED) is 0.766. The molecule has 2 saturated carbocycles. The largest absolute Gasteiger partial charge is 0.355 e. The van der Waals surface area contributed by atoms with Crippen LogP contribution in [0.5, 0.6) is 0 Å². The Kier molecular flexibility index (Phi) is 2.81. The second kappa shape index (κ2) is 4.31. The molecule has 0 spiro atoms. The molecule has 0 bridgehead atoms. The van der Waals surface area contributed by atoms with Crippen molar-refractivity contribution >= 4 is 11.8 Å². The third-order valence-corrected chi connectivity index (χ3v) is 3.99. The molecule has 94 valence electrons. The first-order chi connectivity index (χ1) is 8.22. The molecule has 2 aliphatic carbocycles. The van der Waals surface area contributed by atoms with Crippen molar-refractivity contribution in [2.24, 2.45) is 17.8 Å². The highest BCUT2D eigenvalue weighted by atomic mass is 16.2. The number of hydrogen-bond acceptors (Lipinski definition) is 2. The fourth-order valence-electron chi connectivity index (χ4n) is 2.52. The summed E-state index contributed by atoms with van der Waals surface area (Å²) in [6.07, 6.45) is 5.49. The minimum absolute atomic E-state index is 0.0288. The van der Waals surface area contributed by atoms with E-state index in [4.69, 9.17) is 0 Å². The van der Waals surface area contributed by atoms with Crippen LogP contribution in [0, 0.1) is 17.8 Å². The van der Waals surface area contributed by atoms with E-state index >= 15 is 0 Å². The van der Waals surface area contributed by atoms with Gasteiger partial charge in [-0.1, -0.05) is 0 Å². The molecule has 3 rings (SSSR count). The smallest absolute Gasteiger partial charge is 0.228 e. The summed E-state index contributed by atoms with van der Waals surface area (Å²) < 4.78 is 0. The van der Waals surface area contributed by atoms with Gasteiger partial charge in [-0.3, -0.25) is 9.59 Å². The zero-order valence-corrected chi connectivity index (χ0v) is 10.2. The average molecular weight is 236 g/mol. The molecule has 0 aromatic rings. The first-order valence-electron chi connectivity index (χ1n) is 6.78. The number of hydrogen-bond donors (Lipinski definition) is 1. The van der Waals surface area contributed by atoms with Crippen molar-refractivity contribution in [1.29, 1.82) is 0 Å². The molecule has 4 heteroatoms. The summed E-state index contributed by atoms with van der Waals surface area (Å²) in [5.74, 6) is 1.62. The molecule has 17 heavy (non-hydrogen) atoms. The van der Waals surface area contributed by atoms with Crippen molar-refractivity contribution in [3.8, 4) is 0 Å². The molecule has 1 atom stereocenters. The molecule has 1 aliphatic heterocycles. The summed E-state index contributed by atoms with van der Waals surface area (Å²) in [7, 11) is 0. The zero-order valence-electron chi connectivity index (χ0n) is 10.2. The molecule has 1 unspecified atom stereocenters. The van der Waals surface area contributed by atoms with Gasteiger partial charge in [0.25, 0.3) is 0 Å². The van der Waals surface area contributed by atoms with Crippen LogP contribution < -0.4 is 5.32 Å². The standard InChI is InChI=1S/C13H20N2O2/c16-12-5-11(6-14-12)13(17)15(7-9-1-2-9)8-10-3-4-10/h9-11H,1-8H2,(H,14,16). The van der Waals surface area contributed by atoms with Gasteiger partial charge >= 0.3 is 0 Å². The van der Waals surface area contributed by atoms with Gasteiger partial charge in [-0.2, -0.15) is 0 Å². The summed E-state index contributed by atoms with van der Waals surface area (Å²) in [6.45, 7) is 2.41. The van der Waals surface area contributed by atoms with E-state index in [1.165, 1.54) is 25.7 Å². The number of nitrogens with one attached hydrogen (secondary N) is 1. The van der Waals surface area contributed by atoms with Gasteiger partial charge < -0.3 is 10.2 Å². The Morgan fingerprint density at radius 2 is 1.76 bits per heavy atom. The summed E-state index contributed by atoms with van der Waals surface area (Å²) in [4.78, 5) is 25.6. The van der Waals surface area contributed by atoms with Crippen LogP contribution in [-0.2, 0) is 9.59 Å². The van der Waals surface area contributed by atoms with Crippen LogP contribution in [0.3, 0.4) is 0 Å². The number of carbonyl (C=O) groups excluding carboxylic acids is 2. The van der Waals surface area contributed by atoms with Crippen molar-refractivity contribution in [2.45, 2.75) is 32.1 Å². The molecular weight excluding hydrogens is 216 g/mol. The Bertz CT molecular complexity index is 320. The maximum atomic E-state index is 12.4. The van der Waals surface area contributed by atoms with Crippen LogP contribution in [0.15, 0.2) is 0 Å². The molecule has 3 aliphatic rings. The normalized spacial score (nSPS) is 28.0. The van der Waals surface area contributed by atoms with Crippen LogP contribution in [0.4, 0.5) is 0 Å². The fourth-order valence-corrected chi connectivity index (χ4v) is 2.52. The number of rotatable bonds is 5. The Morgan fingerprint density at radius 1 is 1.18 bits per heavy atom. The highest BCUT2D eigenvalue weighted by molar-refractivity contribution is 5.89. The van der Waals surface area contributed by atoms with E-state index in [2.05, 4.69) is 5.32 Å². The van der Waals surface area contributed by atoms with Crippen LogP contribution in [-0.4, -0.2) is 36.3 Å². The Hall–Kier alpha value is -1.06. The highest BCUT2D eigenvalue weighted by Gasteiger charge is 2.36. The van der Waals surface area contributed by atoms with Crippen molar-refractivity contribution in [3.63, 3.8) is 0 Å². The van der Waals surface area contributed by atoms with Gasteiger partial charge in [-0.25, -0.2) is 0 Å². The molecule has 1 heterocycles. The predicted octanol–water partition coefficient (Wildman–Crippen LogP) is 0.771. The van der Waals surface area contributed by atoms with Crippen molar-refractivity contribution in [3.05, 3.63) is 0 Å². The summed E-state index contributed by atoms with van der Waals surface area (Å²) >= 11 is 0. The minimum atomic E-state index is -0.0972. The van der Waals surface area contributed by atoms with Gasteiger partial charge in [-0.05, 0) is 37.5 Å². The van der Waals surface area contributed by atoms with Gasteiger partial charge in [0.05, 0.1) is 5.92 Å². The van der Waals surface area contributed by atoms with Crippen molar-refractivity contribution < 1.29 is 9.59 Å². The average Bonchev–Trinajstić information content (AvgIpc) is 3.21. The van der Waals surface area contributed by atoms with Crippen LogP contribution in [0.2, 0.25) is 0 Å². The molecule has 0 radical (unpaired) electrons. The molecule has 4 nitrogen and oxygen atoms in total. The van der Waals surface area contributed by atoms with Gasteiger partial charge in [0, 0.05) is 26.1 Å².